The first-order valence-corrected chi connectivity index (χ1v) is 4.89. The van der Waals surface area contributed by atoms with Gasteiger partial charge in [-0.15, -0.1) is 10.1 Å². The highest BCUT2D eigenvalue weighted by molar-refractivity contribution is 5.68. The van der Waals surface area contributed by atoms with Gasteiger partial charge in [0.25, 0.3) is 0 Å². The largest absolute Gasteiger partial charge is 0.232 e. The van der Waals surface area contributed by atoms with Crippen molar-refractivity contribution in [1.82, 2.24) is 25.2 Å². The van der Waals surface area contributed by atoms with E-state index in [-0.39, 0.29) is 4.76 Å². The summed E-state index contributed by atoms with van der Waals surface area (Å²) in [6.45, 7) is 0. The Bertz CT molecular complexity index is 491. The summed E-state index contributed by atoms with van der Waals surface area (Å²) >= 11 is 0. The predicted octanol–water partition coefficient (Wildman–Crippen LogP) is -0.277. The molecule has 0 N–H and O–H groups in total. The lowest BCUT2D eigenvalue weighted by molar-refractivity contribution is -1.15. The second-order valence-electron chi connectivity index (χ2n) is 4.03. The lowest BCUT2D eigenvalue weighted by Gasteiger charge is -2.29. The minimum absolute atomic E-state index is 0.190. The zero-order valence-electron chi connectivity index (χ0n) is 9.82. The van der Waals surface area contributed by atoms with Gasteiger partial charge in [0.2, 0.25) is 5.65 Å². The summed E-state index contributed by atoms with van der Waals surface area (Å²) < 4.78 is 0.190. The van der Waals surface area contributed by atoms with E-state index >= 15 is 0 Å². The quantitative estimate of drug-likeness (QED) is 0.529. The molecule has 86 valence electrons. The van der Waals surface area contributed by atoms with E-state index in [0.717, 1.165) is 0 Å². The van der Waals surface area contributed by atoms with Crippen LogP contribution in [0, 0.1) is 0 Å². The number of hydrogen-bond acceptors (Lipinski definition) is 5. The molecule has 2 rings (SSSR count). The molecule has 0 saturated carbocycles. The minimum atomic E-state index is 0.190. The molecule has 0 saturated heterocycles. The van der Waals surface area contributed by atoms with Gasteiger partial charge in [-0.1, -0.05) is 0 Å². The van der Waals surface area contributed by atoms with Crippen molar-refractivity contribution in [3.05, 3.63) is 18.3 Å². The summed E-state index contributed by atoms with van der Waals surface area (Å²) in [6.07, 6.45) is 1.68. The van der Waals surface area contributed by atoms with Gasteiger partial charge in [-0.25, -0.2) is 4.98 Å². The van der Waals surface area contributed by atoms with E-state index in [1.54, 1.807) is 6.20 Å². The fourth-order valence-corrected chi connectivity index (χ4v) is 1.06. The Kier molecular flexibility index (Phi) is 2.49. The first kappa shape index (κ1) is 10.8. The van der Waals surface area contributed by atoms with Crippen molar-refractivity contribution in [2.45, 2.75) is 0 Å². The maximum atomic E-state index is 5.66. The van der Waals surface area contributed by atoms with Crippen LogP contribution in [0.4, 0.5) is 0 Å². The van der Waals surface area contributed by atoms with Gasteiger partial charge in [-0.2, -0.15) is 4.94 Å². The zero-order chi connectivity index (χ0) is 11.8. The molecule has 0 unspecified atom stereocenters. The molecule has 7 nitrogen and oxygen atoms in total. The predicted molar refractivity (Wildman–Crippen MR) is 57.7 cm³/mol. The summed E-state index contributed by atoms with van der Waals surface area (Å²) in [6, 6.07) is 3.65. The molecule has 2 heterocycles. The van der Waals surface area contributed by atoms with Crippen molar-refractivity contribution in [1.29, 1.82) is 0 Å². The number of rotatable bonds is 3. The summed E-state index contributed by atoms with van der Waals surface area (Å²) in [5.41, 5.74) is 1.32. The van der Waals surface area contributed by atoms with Crippen molar-refractivity contribution < 1.29 is 9.69 Å². The summed E-state index contributed by atoms with van der Waals surface area (Å²) in [4.78, 5) is 11.2. The van der Waals surface area contributed by atoms with Crippen molar-refractivity contribution in [3.63, 3.8) is 0 Å². The van der Waals surface area contributed by atoms with Gasteiger partial charge in [0.05, 0.1) is 0 Å². The average molecular weight is 223 g/mol. The highest BCUT2D eigenvalue weighted by Crippen LogP contribution is 2.06. The van der Waals surface area contributed by atoms with Crippen molar-refractivity contribution in [2.24, 2.45) is 0 Å². The molecule has 0 bridgehead atoms. The van der Waals surface area contributed by atoms with Gasteiger partial charge in [-0.05, 0) is 22.1 Å². The lowest BCUT2D eigenvalue weighted by Crippen LogP contribution is -2.56. The molecule has 7 heteroatoms. The van der Waals surface area contributed by atoms with Crippen LogP contribution < -0.4 is 4.94 Å². The maximum Gasteiger partial charge on any atom is 0.226 e. The Balaban J connectivity index is 2.35. The van der Waals surface area contributed by atoms with E-state index in [0.29, 0.717) is 11.2 Å². The van der Waals surface area contributed by atoms with Crippen LogP contribution in [0.15, 0.2) is 18.3 Å². The van der Waals surface area contributed by atoms with Crippen molar-refractivity contribution in [2.75, 3.05) is 28.2 Å². The summed E-state index contributed by atoms with van der Waals surface area (Å²) in [5, 5.41) is 9.75. The topological polar surface area (TPSA) is 56.1 Å². The lowest BCUT2D eigenvalue weighted by atomic mass is 10.4. The van der Waals surface area contributed by atoms with Crippen LogP contribution in [0.25, 0.3) is 11.2 Å². The molecule has 0 radical (unpaired) electrons. The molecule has 0 atom stereocenters. The smallest absolute Gasteiger partial charge is 0.226 e. The van der Waals surface area contributed by atoms with Crippen LogP contribution in [0.5, 0.6) is 0 Å². The maximum absolute atomic E-state index is 5.66. The van der Waals surface area contributed by atoms with E-state index in [4.69, 9.17) is 4.94 Å². The summed E-state index contributed by atoms with van der Waals surface area (Å²) in [5.74, 6) is 0. The summed E-state index contributed by atoms with van der Waals surface area (Å²) in [7, 11) is 7.59. The van der Waals surface area contributed by atoms with Gasteiger partial charge < -0.3 is 0 Å². The van der Waals surface area contributed by atoms with Gasteiger partial charge in [0.15, 0.2) is 0 Å². The van der Waals surface area contributed by atoms with Gasteiger partial charge in [0, 0.05) is 25.1 Å². The van der Waals surface area contributed by atoms with Gasteiger partial charge >= 0.3 is 0 Å². The van der Waals surface area contributed by atoms with E-state index in [1.807, 2.05) is 45.3 Å². The molecule has 0 aliphatic heterocycles. The number of hydrogen-bond donors (Lipinski definition) is 0. The highest BCUT2D eigenvalue weighted by Gasteiger charge is 2.24. The van der Waals surface area contributed by atoms with E-state index in [2.05, 4.69) is 15.3 Å². The minimum Gasteiger partial charge on any atom is -0.232 e. The molecular formula is C9H15N6O+. The molecule has 16 heavy (non-hydrogen) atoms. The Morgan fingerprint density at radius 1 is 1.38 bits per heavy atom. The van der Waals surface area contributed by atoms with Crippen LogP contribution in [-0.2, 0) is 0 Å². The van der Waals surface area contributed by atoms with Crippen LogP contribution in [0.3, 0.4) is 0 Å². The van der Waals surface area contributed by atoms with Gasteiger partial charge in [-0.3, -0.25) is 0 Å². The third-order valence-corrected chi connectivity index (χ3v) is 2.42. The fourth-order valence-electron chi connectivity index (χ4n) is 1.06. The Labute approximate surface area is 93.3 Å². The van der Waals surface area contributed by atoms with Crippen LogP contribution in [-0.4, -0.2) is 58.1 Å². The van der Waals surface area contributed by atoms with Crippen LogP contribution in [0.2, 0.25) is 0 Å². The molecular weight excluding hydrogens is 208 g/mol. The fraction of sp³-hybridized carbons (Fsp3) is 0.444. The van der Waals surface area contributed by atoms with E-state index in [1.165, 1.54) is 4.85 Å². The highest BCUT2D eigenvalue weighted by atomic mass is 16.9. The van der Waals surface area contributed by atoms with Crippen molar-refractivity contribution >= 4 is 11.2 Å². The molecule has 0 aliphatic rings. The monoisotopic (exact) mass is 223 g/mol. The number of hydroxylamine groups is 2. The number of aromatic nitrogens is 4. The molecule has 0 fully saturated rings. The Hall–Kier alpha value is -1.73. The second kappa shape index (κ2) is 3.69. The molecule has 0 amide bonds. The number of pyridine rings is 1. The third kappa shape index (κ3) is 1.82. The van der Waals surface area contributed by atoms with Crippen LogP contribution in [0.1, 0.15) is 0 Å². The Morgan fingerprint density at radius 2 is 2.12 bits per heavy atom. The number of nitrogens with zero attached hydrogens (tertiary/aromatic N) is 6. The van der Waals surface area contributed by atoms with E-state index in [9.17, 15) is 0 Å². The first-order valence-electron chi connectivity index (χ1n) is 4.89. The average Bonchev–Trinajstić information content (AvgIpc) is 2.61. The third-order valence-electron chi connectivity index (χ3n) is 2.42. The van der Waals surface area contributed by atoms with Crippen molar-refractivity contribution in [3.8, 4) is 0 Å². The second-order valence-corrected chi connectivity index (χ2v) is 4.03. The SMILES string of the molecule is CN(C)[N+](C)(C)On1nnc2cccnc21. The van der Waals surface area contributed by atoms with Gasteiger partial charge in [0.1, 0.15) is 19.6 Å². The molecule has 2 aromatic rings. The number of quaternary nitrogens is 1. The zero-order valence-corrected chi connectivity index (χ0v) is 9.82. The standard InChI is InChI=1S/C9H15N6O/c1-13(2)15(3,4)16-14-9-8(11-12-14)6-5-7-10-9/h5-7H,1-4H3/q+1. The van der Waals surface area contributed by atoms with E-state index < -0.39 is 0 Å². The normalized spacial score (nSPS) is 12.3. The molecule has 2 aromatic heterocycles. The molecule has 0 spiro atoms. The first-order chi connectivity index (χ1) is 7.50. The molecule has 0 aliphatic carbocycles. The molecule has 0 aromatic carbocycles. The number of fused-ring (bicyclic) bond motifs is 1. The van der Waals surface area contributed by atoms with Crippen LogP contribution >= 0.6 is 0 Å². The Morgan fingerprint density at radius 3 is 2.81 bits per heavy atom.